The van der Waals surface area contributed by atoms with Crippen LogP contribution in [0.5, 0.6) is 0 Å². The summed E-state index contributed by atoms with van der Waals surface area (Å²) in [5.74, 6) is 2.64. The molecule has 0 unspecified atom stereocenters. The van der Waals surface area contributed by atoms with Crippen LogP contribution in [-0.4, -0.2) is 38.1 Å². The molecule has 2 aliphatic rings. The molecule has 2 aromatic heterocycles. The Bertz CT molecular complexity index is 973. The monoisotopic (exact) mass is 379 g/mol. The Morgan fingerprint density at radius 3 is 2.67 bits per heavy atom. The average Bonchev–Trinajstić information content (AvgIpc) is 3.04. The van der Waals surface area contributed by atoms with Crippen LogP contribution in [0, 0.1) is 0 Å². The maximum Gasteiger partial charge on any atom is 0.223 e. The first kappa shape index (κ1) is 16.6. The molecule has 1 N–H and O–H groups in total. The second-order valence-electron chi connectivity index (χ2n) is 7.25. The van der Waals surface area contributed by atoms with Crippen molar-refractivity contribution in [2.75, 3.05) is 13.9 Å². The van der Waals surface area contributed by atoms with Crippen molar-refractivity contribution >= 4 is 40.6 Å². The second kappa shape index (κ2) is 6.53. The molecule has 1 fully saturated rings. The third-order valence-electron chi connectivity index (χ3n) is 4.99. The number of para-hydroxylation sites is 1. The van der Waals surface area contributed by atoms with E-state index < -0.39 is 0 Å². The lowest BCUT2D eigenvalue weighted by atomic mass is 9.87. The zero-order valence-electron chi connectivity index (χ0n) is 15.3. The van der Waals surface area contributed by atoms with Gasteiger partial charge >= 0.3 is 0 Å². The third kappa shape index (κ3) is 2.93. The average molecular weight is 379 g/mol. The van der Waals surface area contributed by atoms with Crippen LogP contribution < -0.4 is 13.9 Å². The van der Waals surface area contributed by atoms with Gasteiger partial charge in [0.1, 0.15) is 0 Å². The third-order valence-corrected chi connectivity index (χ3v) is 6.41. The van der Waals surface area contributed by atoms with Gasteiger partial charge in [0.15, 0.2) is 11.6 Å². The van der Waals surface area contributed by atoms with Crippen LogP contribution >= 0.6 is 12.1 Å². The Morgan fingerprint density at radius 1 is 1.07 bits per heavy atom. The van der Waals surface area contributed by atoms with E-state index in [0.717, 1.165) is 35.4 Å². The fourth-order valence-corrected chi connectivity index (χ4v) is 4.60. The van der Waals surface area contributed by atoms with Crippen LogP contribution in [0.3, 0.4) is 0 Å². The molecule has 0 spiro atoms. The summed E-state index contributed by atoms with van der Waals surface area (Å²) in [7, 11) is 0. The number of nitrogens with one attached hydrogen (secondary N) is 1. The van der Waals surface area contributed by atoms with Crippen LogP contribution in [0.1, 0.15) is 26.7 Å². The molecule has 138 valence electrons. The van der Waals surface area contributed by atoms with Crippen molar-refractivity contribution < 1.29 is 0 Å². The Morgan fingerprint density at radius 2 is 1.85 bits per heavy atom. The molecule has 0 radical (unpaired) electrons. The molecule has 3 aromatic rings. The van der Waals surface area contributed by atoms with E-state index >= 15 is 0 Å². The van der Waals surface area contributed by atoms with Crippen molar-refractivity contribution in [1.29, 1.82) is 0 Å². The van der Waals surface area contributed by atoms with Gasteiger partial charge in [0.25, 0.3) is 0 Å². The summed E-state index contributed by atoms with van der Waals surface area (Å²) in [5, 5.41) is 4.54. The number of nitrogens with zero attached hydrogens (tertiary/aromatic N) is 6. The maximum atomic E-state index is 4.62. The molecule has 1 aliphatic heterocycles. The minimum atomic E-state index is 0.371. The van der Waals surface area contributed by atoms with Gasteiger partial charge in [-0.3, -0.25) is 8.61 Å². The fourth-order valence-electron chi connectivity index (χ4n) is 3.51. The minimum absolute atomic E-state index is 0.371. The van der Waals surface area contributed by atoms with Gasteiger partial charge in [-0.05, 0) is 32.8 Å². The predicted octanol–water partition coefficient (Wildman–Crippen LogP) is 3.66. The van der Waals surface area contributed by atoms with Gasteiger partial charge in [-0.2, -0.15) is 0 Å². The highest BCUT2D eigenvalue weighted by molar-refractivity contribution is 8.02. The van der Waals surface area contributed by atoms with E-state index in [1.54, 1.807) is 24.5 Å². The highest BCUT2D eigenvalue weighted by atomic mass is 32.2. The van der Waals surface area contributed by atoms with Gasteiger partial charge < -0.3 is 5.32 Å². The summed E-state index contributed by atoms with van der Waals surface area (Å²) in [6.45, 7) is 4.36. The van der Waals surface area contributed by atoms with E-state index in [9.17, 15) is 0 Å². The zero-order valence-corrected chi connectivity index (χ0v) is 16.1. The van der Waals surface area contributed by atoms with Crippen molar-refractivity contribution in [3.05, 3.63) is 42.9 Å². The number of fused-ring (bicyclic) bond motifs is 2. The quantitative estimate of drug-likeness (QED) is 0.689. The molecule has 3 heterocycles. The zero-order chi connectivity index (χ0) is 18.4. The first-order valence-corrected chi connectivity index (χ1v) is 9.98. The molecule has 0 bridgehead atoms. The topological polar surface area (TPSA) is 70.1 Å². The molecule has 27 heavy (non-hydrogen) atoms. The summed E-state index contributed by atoms with van der Waals surface area (Å²) in [6.07, 6.45) is 7.48. The van der Waals surface area contributed by atoms with E-state index in [1.165, 1.54) is 0 Å². The molecule has 0 amide bonds. The van der Waals surface area contributed by atoms with Gasteiger partial charge in [-0.15, -0.1) is 0 Å². The summed E-state index contributed by atoms with van der Waals surface area (Å²) < 4.78 is 4.54. The Kier molecular flexibility index (Phi) is 4.00. The predicted molar refractivity (Wildman–Crippen MR) is 110 cm³/mol. The lowest BCUT2D eigenvalue weighted by Crippen LogP contribution is -2.47. The molecule has 1 saturated carbocycles. The number of anilines is 3. The van der Waals surface area contributed by atoms with Crippen molar-refractivity contribution in [3.63, 3.8) is 0 Å². The normalized spacial score (nSPS) is 21.4. The van der Waals surface area contributed by atoms with E-state index in [2.05, 4.69) is 47.7 Å². The number of rotatable bonds is 4. The first-order chi connectivity index (χ1) is 13.2. The van der Waals surface area contributed by atoms with Crippen LogP contribution in [0.4, 0.5) is 17.6 Å². The van der Waals surface area contributed by atoms with Crippen LogP contribution in [-0.2, 0) is 0 Å². The van der Waals surface area contributed by atoms with Crippen molar-refractivity contribution in [1.82, 2.24) is 19.9 Å². The van der Waals surface area contributed by atoms with E-state index in [1.807, 2.05) is 30.5 Å². The smallest absolute Gasteiger partial charge is 0.223 e. The summed E-state index contributed by atoms with van der Waals surface area (Å²) in [5.41, 5.74) is 0.970. The Hall–Kier alpha value is -2.61. The number of aromatic nitrogens is 4. The minimum Gasteiger partial charge on any atom is -0.351 e. The molecule has 5 rings (SSSR count). The van der Waals surface area contributed by atoms with Gasteiger partial charge in [0.05, 0.1) is 17.7 Å². The van der Waals surface area contributed by atoms with Crippen LogP contribution in [0.2, 0.25) is 0 Å². The largest absolute Gasteiger partial charge is 0.351 e. The molecule has 1 aromatic carbocycles. The second-order valence-corrected chi connectivity index (χ2v) is 8.20. The number of benzene rings is 1. The van der Waals surface area contributed by atoms with Gasteiger partial charge in [0, 0.05) is 42.1 Å². The number of hydrogen-bond donors (Lipinski definition) is 1. The first-order valence-electron chi connectivity index (χ1n) is 9.25. The van der Waals surface area contributed by atoms with Gasteiger partial charge in [-0.25, -0.2) is 19.9 Å². The van der Waals surface area contributed by atoms with Crippen molar-refractivity contribution in [2.24, 2.45) is 0 Å². The van der Waals surface area contributed by atoms with Crippen LogP contribution in [0.25, 0.3) is 10.9 Å². The van der Waals surface area contributed by atoms with Crippen LogP contribution in [0.15, 0.2) is 42.9 Å². The molecule has 7 nitrogen and oxygen atoms in total. The van der Waals surface area contributed by atoms with Gasteiger partial charge in [-0.1, -0.05) is 18.2 Å². The lowest BCUT2D eigenvalue weighted by Gasteiger charge is -2.40. The lowest BCUT2D eigenvalue weighted by molar-refractivity contribution is 0.378. The van der Waals surface area contributed by atoms with E-state index in [4.69, 9.17) is 0 Å². The Balaban J connectivity index is 1.27. The highest BCUT2D eigenvalue weighted by Gasteiger charge is 2.42. The van der Waals surface area contributed by atoms with Gasteiger partial charge in [0.2, 0.25) is 5.95 Å². The fraction of sp³-hybridized carbons (Fsp3) is 0.368. The molecule has 0 atom stereocenters. The molecule has 8 heteroatoms. The molecular weight excluding hydrogens is 358 g/mol. The van der Waals surface area contributed by atoms with E-state index in [0.29, 0.717) is 24.1 Å². The summed E-state index contributed by atoms with van der Waals surface area (Å²) >= 11 is 1.72. The SMILES string of the molecule is CC(C)N1SN(C2CC(Nc3ncc4ccccc4n3)C2)c2nccnc21. The van der Waals surface area contributed by atoms with E-state index in [-0.39, 0.29) is 0 Å². The molecular formula is C19H21N7S. The highest BCUT2D eigenvalue weighted by Crippen LogP contribution is 2.47. The van der Waals surface area contributed by atoms with Crippen molar-refractivity contribution in [2.45, 2.75) is 44.8 Å². The molecule has 1 aliphatic carbocycles. The number of hydrogen-bond acceptors (Lipinski definition) is 8. The standard InChI is InChI=1S/C19H21N7S/c1-12(2)25-17-18(21-8-7-20-17)26(27-25)15-9-14(10-15)23-19-22-11-13-5-3-4-6-16(13)24-19/h3-8,11-12,14-15H,9-10H2,1-2H3,(H,22,23,24). The maximum absolute atomic E-state index is 4.62. The summed E-state index contributed by atoms with van der Waals surface area (Å²) in [4.78, 5) is 18.2. The summed E-state index contributed by atoms with van der Waals surface area (Å²) in [6, 6.07) is 9.24. The Labute approximate surface area is 162 Å². The van der Waals surface area contributed by atoms with Crippen molar-refractivity contribution in [3.8, 4) is 0 Å². The molecule has 0 saturated heterocycles.